The molecule has 0 saturated heterocycles. The number of hydrogen-bond acceptors (Lipinski definition) is 1. The molecule has 0 aromatic heterocycles. The van der Waals surface area contributed by atoms with Crippen molar-refractivity contribution in [3.8, 4) is 0 Å². The highest BCUT2D eigenvalue weighted by Crippen LogP contribution is 2.21. The van der Waals surface area contributed by atoms with Crippen LogP contribution in [0, 0.1) is 5.41 Å². The summed E-state index contributed by atoms with van der Waals surface area (Å²) in [4.78, 5) is 11.7. The van der Waals surface area contributed by atoms with E-state index in [1.54, 1.807) is 0 Å². The van der Waals surface area contributed by atoms with E-state index in [0.717, 1.165) is 24.7 Å². The second kappa shape index (κ2) is 10.8. The topological polar surface area (TPSA) is 29.1 Å². The lowest BCUT2D eigenvalue weighted by Gasteiger charge is -2.24. The van der Waals surface area contributed by atoms with E-state index in [0.29, 0.717) is 6.42 Å². The molecule has 0 saturated carbocycles. The summed E-state index contributed by atoms with van der Waals surface area (Å²) in [6, 6.07) is 0. The Hall–Kier alpha value is -0.0500. The quantitative estimate of drug-likeness (QED) is 0.435. The van der Waals surface area contributed by atoms with Gasteiger partial charge in [-0.1, -0.05) is 62.4 Å². The number of amides is 1. The molecule has 108 valence electrons. The molecule has 0 aliphatic rings. The fraction of sp³-hybridized carbons (Fsp3) is 0.933. The lowest BCUT2D eigenvalue weighted by molar-refractivity contribution is -0.121. The van der Waals surface area contributed by atoms with Crippen molar-refractivity contribution < 1.29 is 4.79 Å². The molecule has 0 atom stereocenters. The molecule has 0 unspecified atom stereocenters. The average molecular weight is 320 g/mol. The van der Waals surface area contributed by atoms with Crippen LogP contribution in [0.5, 0.6) is 0 Å². The van der Waals surface area contributed by atoms with Crippen LogP contribution in [0.15, 0.2) is 0 Å². The van der Waals surface area contributed by atoms with Gasteiger partial charge in [0.25, 0.3) is 0 Å². The predicted molar refractivity (Wildman–Crippen MR) is 83.2 cm³/mol. The van der Waals surface area contributed by atoms with Crippen LogP contribution in [0.4, 0.5) is 0 Å². The minimum absolute atomic E-state index is 0.214. The van der Waals surface area contributed by atoms with Gasteiger partial charge in [0.1, 0.15) is 0 Å². The molecule has 18 heavy (non-hydrogen) atoms. The zero-order valence-electron chi connectivity index (χ0n) is 12.4. The van der Waals surface area contributed by atoms with Crippen LogP contribution in [0.1, 0.15) is 72.1 Å². The number of carbonyl (C=O) groups is 1. The third-order valence-corrected chi connectivity index (χ3v) is 3.82. The maximum absolute atomic E-state index is 11.7. The first-order chi connectivity index (χ1) is 8.52. The number of halogens is 1. The highest BCUT2D eigenvalue weighted by molar-refractivity contribution is 9.09. The predicted octanol–water partition coefficient (Wildman–Crippen LogP) is 4.66. The van der Waals surface area contributed by atoms with Gasteiger partial charge in [0.05, 0.1) is 0 Å². The summed E-state index contributed by atoms with van der Waals surface area (Å²) < 4.78 is 0. The third-order valence-electron chi connectivity index (χ3n) is 3.26. The van der Waals surface area contributed by atoms with Crippen LogP contribution in [-0.4, -0.2) is 17.8 Å². The van der Waals surface area contributed by atoms with Crippen molar-refractivity contribution in [2.24, 2.45) is 5.41 Å². The van der Waals surface area contributed by atoms with Gasteiger partial charge in [0.15, 0.2) is 0 Å². The zero-order chi connectivity index (χ0) is 13.9. The average Bonchev–Trinajstić information content (AvgIpc) is 2.34. The molecule has 1 N–H and O–H groups in total. The van der Waals surface area contributed by atoms with Gasteiger partial charge in [-0.25, -0.2) is 0 Å². The van der Waals surface area contributed by atoms with Gasteiger partial charge in [0, 0.05) is 18.3 Å². The number of hydrogen-bond donors (Lipinski definition) is 1. The fourth-order valence-corrected chi connectivity index (χ4v) is 2.23. The minimum Gasteiger partial charge on any atom is -0.356 e. The Morgan fingerprint density at radius 1 is 1.11 bits per heavy atom. The van der Waals surface area contributed by atoms with Crippen molar-refractivity contribution in [2.75, 3.05) is 11.9 Å². The summed E-state index contributed by atoms with van der Waals surface area (Å²) in [7, 11) is 0. The maximum Gasteiger partial charge on any atom is 0.220 e. The van der Waals surface area contributed by atoms with Crippen LogP contribution in [0.2, 0.25) is 0 Å². The van der Waals surface area contributed by atoms with Gasteiger partial charge in [-0.3, -0.25) is 4.79 Å². The summed E-state index contributed by atoms with van der Waals surface area (Å²) in [6.45, 7) is 7.45. The molecule has 0 aromatic rings. The summed E-state index contributed by atoms with van der Waals surface area (Å²) >= 11 is 3.45. The molecule has 2 nitrogen and oxygen atoms in total. The van der Waals surface area contributed by atoms with E-state index in [1.807, 2.05) is 0 Å². The fourth-order valence-electron chi connectivity index (χ4n) is 1.95. The van der Waals surface area contributed by atoms with E-state index < -0.39 is 0 Å². The summed E-state index contributed by atoms with van der Waals surface area (Å²) in [5.41, 5.74) is 0.214. The van der Waals surface area contributed by atoms with Crippen LogP contribution < -0.4 is 5.32 Å². The Bertz CT molecular complexity index is 217. The minimum atomic E-state index is 0.214. The number of unbranched alkanes of at least 4 members (excludes halogenated alkanes) is 4. The molecular formula is C15H30BrNO. The van der Waals surface area contributed by atoms with Gasteiger partial charge in [0.2, 0.25) is 5.91 Å². The monoisotopic (exact) mass is 319 g/mol. The molecule has 0 radical (unpaired) electrons. The van der Waals surface area contributed by atoms with Crippen LogP contribution in [-0.2, 0) is 4.79 Å². The summed E-state index contributed by atoms with van der Waals surface area (Å²) in [5, 5.41) is 4.11. The third kappa shape index (κ3) is 11.1. The number of carbonyl (C=O) groups excluding carboxylic acids is 1. The van der Waals surface area contributed by atoms with E-state index in [1.165, 1.54) is 32.1 Å². The van der Waals surface area contributed by atoms with Gasteiger partial charge < -0.3 is 5.32 Å². The lowest BCUT2D eigenvalue weighted by Crippen LogP contribution is -2.33. The first-order valence-corrected chi connectivity index (χ1v) is 8.46. The Labute approximate surface area is 121 Å². The molecule has 1 amide bonds. The molecule has 3 heteroatoms. The first-order valence-electron chi connectivity index (χ1n) is 7.34. The molecule has 0 bridgehead atoms. The zero-order valence-corrected chi connectivity index (χ0v) is 13.9. The van der Waals surface area contributed by atoms with Crippen molar-refractivity contribution in [3.05, 3.63) is 0 Å². The molecule has 0 fully saturated rings. The Balaban J connectivity index is 3.56. The van der Waals surface area contributed by atoms with Crippen molar-refractivity contribution >= 4 is 21.8 Å². The standard InChI is InChI=1S/C15H30BrNO/c1-4-5-6-7-8-10-14(18)17-13-15(2,3)11-9-12-16/h4-13H2,1-3H3,(H,17,18). The van der Waals surface area contributed by atoms with Gasteiger partial charge in [-0.2, -0.15) is 0 Å². The second-order valence-electron chi connectivity index (χ2n) is 5.90. The number of nitrogens with one attached hydrogen (secondary N) is 1. The Kier molecular flexibility index (Phi) is 10.8. The van der Waals surface area contributed by atoms with Gasteiger partial charge in [-0.05, 0) is 24.7 Å². The Morgan fingerprint density at radius 3 is 2.39 bits per heavy atom. The van der Waals surface area contributed by atoms with Crippen molar-refractivity contribution in [1.82, 2.24) is 5.32 Å². The largest absolute Gasteiger partial charge is 0.356 e. The molecule has 0 aliphatic heterocycles. The van der Waals surface area contributed by atoms with Crippen LogP contribution >= 0.6 is 15.9 Å². The van der Waals surface area contributed by atoms with Crippen LogP contribution in [0.25, 0.3) is 0 Å². The smallest absolute Gasteiger partial charge is 0.220 e. The van der Waals surface area contributed by atoms with E-state index in [4.69, 9.17) is 0 Å². The highest BCUT2D eigenvalue weighted by Gasteiger charge is 2.17. The molecular weight excluding hydrogens is 290 g/mol. The van der Waals surface area contributed by atoms with Crippen molar-refractivity contribution in [3.63, 3.8) is 0 Å². The van der Waals surface area contributed by atoms with Crippen molar-refractivity contribution in [1.29, 1.82) is 0 Å². The SMILES string of the molecule is CCCCCCCC(=O)NCC(C)(C)CCCBr. The lowest BCUT2D eigenvalue weighted by atomic mass is 9.88. The second-order valence-corrected chi connectivity index (χ2v) is 6.69. The summed E-state index contributed by atoms with van der Waals surface area (Å²) in [5.74, 6) is 0.221. The molecule has 0 spiro atoms. The van der Waals surface area contributed by atoms with E-state index in [-0.39, 0.29) is 11.3 Å². The maximum atomic E-state index is 11.7. The number of alkyl halides is 1. The molecule has 0 rings (SSSR count). The van der Waals surface area contributed by atoms with E-state index >= 15 is 0 Å². The molecule has 0 aromatic carbocycles. The van der Waals surface area contributed by atoms with Gasteiger partial charge >= 0.3 is 0 Å². The molecule has 0 aliphatic carbocycles. The number of rotatable bonds is 11. The first kappa shape index (κ1) is 17.9. The highest BCUT2D eigenvalue weighted by atomic mass is 79.9. The van der Waals surface area contributed by atoms with E-state index in [2.05, 4.69) is 42.0 Å². The van der Waals surface area contributed by atoms with Gasteiger partial charge in [-0.15, -0.1) is 0 Å². The summed E-state index contributed by atoms with van der Waals surface area (Å²) in [6.07, 6.45) is 9.05. The Morgan fingerprint density at radius 2 is 1.78 bits per heavy atom. The molecule has 0 heterocycles. The normalized spacial score (nSPS) is 11.6. The van der Waals surface area contributed by atoms with Crippen molar-refractivity contribution in [2.45, 2.75) is 72.1 Å². The van der Waals surface area contributed by atoms with E-state index in [9.17, 15) is 4.79 Å². The van der Waals surface area contributed by atoms with Crippen LogP contribution in [0.3, 0.4) is 0 Å².